The fourth-order valence-electron chi connectivity index (χ4n) is 2.20. The molecule has 5 heteroatoms. The topological polar surface area (TPSA) is 61.8 Å². The number of para-hydroxylation sites is 1. The molecular weight excluding hydrogens is 232 g/mol. The van der Waals surface area contributed by atoms with Crippen molar-refractivity contribution in [2.45, 2.75) is 12.8 Å². The average Bonchev–Trinajstić information content (AvgIpc) is 2.58. The fourth-order valence-corrected chi connectivity index (χ4v) is 2.20. The van der Waals surface area contributed by atoms with Gasteiger partial charge in [-0.25, -0.2) is 0 Å². The lowest BCUT2D eigenvalue weighted by atomic mass is 10.2. The molecule has 0 atom stereocenters. The average molecular weight is 250 g/mol. The molecule has 0 aromatic heterocycles. The summed E-state index contributed by atoms with van der Waals surface area (Å²) in [7, 11) is 1.64. The number of methoxy groups -OCH3 is 1. The molecule has 98 valence electrons. The zero-order chi connectivity index (χ0) is 13.0. The van der Waals surface area contributed by atoms with Crippen molar-refractivity contribution in [3.63, 3.8) is 0 Å². The van der Waals surface area contributed by atoms with Gasteiger partial charge in [0, 0.05) is 19.6 Å². The van der Waals surface area contributed by atoms with Gasteiger partial charge in [0.25, 0.3) is 0 Å². The standard InChI is InChI=1S/C13H18N2O3/c1-18-11-5-2-4-10-13(11)14-7-3-8-15(10)9-6-12(16)17/h2,4-5,14H,3,6-9H2,1H3,(H,16,17). The largest absolute Gasteiger partial charge is 0.495 e. The molecule has 0 radical (unpaired) electrons. The number of carboxylic acid groups (broad SMARTS) is 1. The Morgan fingerprint density at radius 1 is 1.56 bits per heavy atom. The minimum atomic E-state index is -0.767. The number of nitrogens with one attached hydrogen (secondary N) is 1. The molecule has 0 aliphatic carbocycles. The monoisotopic (exact) mass is 250 g/mol. The number of hydrogen-bond donors (Lipinski definition) is 2. The number of benzene rings is 1. The normalized spacial score (nSPS) is 14.4. The van der Waals surface area contributed by atoms with Crippen LogP contribution in [0.3, 0.4) is 0 Å². The van der Waals surface area contributed by atoms with Crippen LogP contribution in [0.5, 0.6) is 5.75 Å². The van der Waals surface area contributed by atoms with Crippen molar-refractivity contribution >= 4 is 17.3 Å². The molecule has 1 aromatic carbocycles. The third kappa shape index (κ3) is 2.67. The predicted molar refractivity (Wildman–Crippen MR) is 70.6 cm³/mol. The van der Waals surface area contributed by atoms with E-state index in [0.717, 1.165) is 36.6 Å². The Kier molecular flexibility index (Phi) is 3.92. The predicted octanol–water partition coefficient (Wildman–Crippen LogP) is 1.79. The van der Waals surface area contributed by atoms with E-state index in [4.69, 9.17) is 9.84 Å². The van der Waals surface area contributed by atoms with Gasteiger partial charge in [-0.2, -0.15) is 0 Å². The van der Waals surface area contributed by atoms with Gasteiger partial charge in [-0.3, -0.25) is 4.79 Å². The molecule has 0 unspecified atom stereocenters. The van der Waals surface area contributed by atoms with E-state index in [2.05, 4.69) is 10.2 Å². The molecular formula is C13H18N2O3. The highest BCUT2D eigenvalue weighted by atomic mass is 16.5. The summed E-state index contributed by atoms with van der Waals surface area (Å²) < 4.78 is 5.34. The SMILES string of the molecule is COc1cccc2c1NCCCN2CCC(=O)O. The van der Waals surface area contributed by atoms with Gasteiger partial charge in [0.05, 0.1) is 19.2 Å². The van der Waals surface area contributed by atoms with E-state index in [1.54, 1.807) is 7.11 Å². The minimum Gasteiger partial charge on any atom is -0.495 e. The quantitative estimate of drug-likeness (QED) is 0.853. The molecule has 1 aliphatic rings. The van der Waals surface area contributed by atoms with Crippen molar-refractivity contribution < 1.29 is 14.6 Å². The molecule has 0 saturated heterocycles. The van der Waals surface area contributed by atoms with Crippen LogP contribution in [-0.4, -0.2) is 37.8 Å². The highest BCUT2D eigenvalue weighted by molar-refractivity contribution is 5.78. The van der Waals surface area contributed by atoms with Crippen LogP contribution in [0.25, 0.3) is 0 Å². The molecule has 1 heterocycles. The third-order valence-corrected chi connectivity index (χ3v) is 3.07. The van der Waals surface area contributed by atoms with Crippen molar-refractivity contribution in [3.8, 4) is 5.75 Å². The molecule has 1 aromatic rings. The molecule has 0 saturated carbocycles. The van der Waals surface area contributed by atoms with Gasteiger partial charge in [-0.05, 0) is 18.6 Å². The number of aliphatic carboxylic acids is 1. The van der Waals surface area contributed by atoms with Crippen molar-refractivity contribution in [3.05, 3.63) is 18.2 Å². The van der Waals surface area contributed by atoms with Crippen LogP contribution in [0.1, 0.15) is 12.8 Å². The molecule has 2 N–H and O–H groups in total. The summed E-state index contributed by atoms with van der Waals surface area (Å²) in [6.07, 6.45) is 1.13. The van der Waals surface area contributed by atoms with E-state index in [9.17, 15) is 4.79 Å². The number of carbonyl (C=O) groups is 1. The minimum absolute atomic E-state index is 0.149. The first-order chi connectivity index (χ1) is 8.72. The van der Waals surface area contributed by atoms with E-state index in [0.29, 0.717) is 6.54 Å². The Bertz CT molecular complexity index is 434. The second-order valence-electron chi connectivity index (χ2n) is 4.27. The van der Waals surface area contributed by atoms with Crippen LogP contribution in [0.4, 0.5) is 11.4 Å². The molecule has 0 bridgehead atoms. The van der Waals surface area contributed by atoms with E-state index in [1.807, 2.05) is 18.2 Å². The second-order valence-corrected chi connectivity index (χ2v) is 4.27. The van der Waals surface area contributed by atoms with Crippen molar-refractivity contribution in [1.82, 2.24) is 0 Å². The van der Waals surface area contributed by atoms with Gasteiger partial charge in [-0.15, -0.1) is 0 Å². The summed E-state index contributed by atoms with van der Waals surface area (Å²) in [4.78, 5) is 12.8. The summed E-state index contributed by atoms with van der Waals surface area (Å²) >= 11 is 0. The zero-order valence-corrected chi connectivity index (χ0v) is 10.5. The van der Waals surface area contributed by atoms with Crippen LogP contribution in [0.2, 0.25) is 0 Å². The van der Waals surface area contributed by atoms with Crippen LogP contribution < -0.4 is 15.0 Å². The summed E-state index contributed by atoms with van der Waals surface area (Å²) in [6, 6.07) is 5.84. The number of anilines is 2. The van der Waals surface area contributed by atoms with Gasteiger partial charge >= 0.3 is 5.97 Å². The smallest absolute Gasteiger partial charge is 0.305 e. The van der Waals surface area contributed by atoms with Crippen LogP contribution in [0.15, 0.2) is 18.2 Å². The first kappa shape index (κ1) is 12.5. The summed E-state index contributed by atoms with van der Waals surface area (Å²) in [5, 5.41) is 12.1. The third-order valence-electron chi connectivity index (χ3n) is 3.07. The molecule has 0 amide bonds. The Morgan fingerprint density at radius 2 is 2.39 bits per heavy atom. The van der Waals surface area contributed by atoms with Crippen molar-refractivity contribution in [1.29, 1.82) is 0 Å². The Labute approximate surface area is 106 Å². The first-order valence-electron chi connectivity index (χ1n) is 6.10. The summed E-state index contributed by atoms with van der Waals surface area (Å²) in [5.74, 6) is 0.0337. The maximum Gasteiger partial charge on any atom is 0.305 e. The molecule has 5 nitrogen and oxygen atoms in total. The van der Waals surface area contributed by atoms with Crippen molar-refractivity contribution in [2.75, 3.05) is 37.0 Å². The Balaban J connectivity index is 2.26. The van der Waals surface area contributed by atoms with E-state index in [-0.39, 0.29) is 6.42 Å². The number of rotatable bonds is 4. The maximum atomic E-state index is 10.7. The summed E-state index contributed by atoms with van der Waals surface area (Å²) in [5.41, 5.74) is 1.98. The highest BCUT2D eigenvalue weighted by Gasteiger charge is 2.18. The fraction of sp³-hybridized carbons (Fsp3) is 0.462. The maximum absolute atomic E-state index is 10.7. The molecule has 0 spiro atoms. The lowest BCUT2D eigenvalue weighted by Gasteiger charge is -2.24. The molecule has 18 heavy (non-hydrogen) atoms. The van der Waals surface area contributed by atoms with E-state index in [1.165, 1.54) is 0 Å². The van der Waals surface area contributed by atoms with Gasteiger partial charge in [-0.1, -0.05) is 6.07 Å². The van der Waals surface area contributed by atoms with Crippen LogP contribution in [-0.2, 0) is 4.79 Å². The summed E-state index contributed by atoms with van der Waals surface area (Å²) in [6.45, 7) is 2.26. The van der Waals surface area contributed by atoms with Crippen LogP contribution in [0, 0.1) is 0 Å². The lowest BCUT2D eigenvalue weighted by molar-refractivity contribution is -0.136. The zero-order valence-electron chi connectivity index (χ0n) is 10.5. The van der Waals surface area contributed by atoms with E-state index >= 15 is 0 Å². The molecule has 2 rings (SSSR count). The Hall–Kier alpha value is -1.91. The van der Waals surface area contributed by atoms with Gasteiger partial charge in [0.2, 0.25) is 0 Å². The van der Waals surface area contributed by atoms with Gasteiger partial charge in [0.15, 0.2) is 0 Å². The number of nitrogens with zero attached hydrogens (tertiary/aromatic N) is 1. The number of ether oxygens (including phenoxy) is 1. The van der Waals surface area contributed by atoms with Crippen LogP contribution >= 0.6 is 0 Å². The van der Waals surface area contributed by atoms with Gasteiger partial charge < -0.3 is 20.1 Å². The molecule has 0 fully saturated rings. The number of carboxylic acids is 1. The number of hydrogen-bond acceptors (Lipinski definition) is 4. The molecule has 1 aliphatic heterocycles. The first-order valence-corrected chi connectivity index (χ1v) is 6.10. The van der Waals surface area contributed by atoms with Gasteiger partial charge in [0.1, 0.15) is 11.4 Å². The number of fused-ring (bicyclic) bond motifs is 1. The highest BCUT2D eigenvalue weighted by Crippen LogP contribution is 2.36. The van der Waals surface area contributed by atoms with Crippen molar-refractivity contribution in [2.24, 2.45) is 0 Å². The second kappa shape index (κ2) is 5.62. The Morgan fingerprint density at radius 3 is 3.11 bits per heavy atom. The van der Waals surface area contributed by atoms with E-state index < -0.39 is 5.97 Å². The lowest BCUT2D eigenvalue weighted by Crippen LogP contribution is -2.26.